The molecule has 326 valence electrons. The first-order chi connectivity index (χ1) is 28.3. The lowest BCUT2D eigenvalue weighted by Gasteiger charge is -2.38. The minimum Gasteiger partial charge on any atom is -0.507 e. The number of hydrogen-bond donors (Lipinski definition) is 6. The van der Waals surface area contributed by atoms with Crippen LogP contribution in [-0.4, -0.2) is 135 Å². The van der Waals surface area contributed by atoms with Crippen LogP contribution in [-0.2, 0) is 23.8 Å². The number of carbonyl (C=O) groups excluding carboxylic acids is 2. The third kappa shape index (κ3) is 8.86. The molecule has 1 amide bonds. The lowest BCUT2D eigenvalue weighted by atomic mass is 9.78. The minimum absolute atomic E-state index is 0.0393. The zero-order valence-electron chi connectivity index (χ0n) is 35.7. The van der Waals surface area contributed by atoms with Crippen molar-refractivity contribution in [2.75, 3.05) is 40.3 Å². The van der Waals surface area contributed by atoms with Gasteiger partial charge in [-0.05, 0) is 27.0 Å². The van der Waals surface area contributed by atoms with Crippen molar-refractivity contribution in [3.63, 3.8) is 0 Å². The smallest absolute Gasteiger partial charge is 0.302 e. The van der Waals surface area contributed by atoms with E-state index in [1.165, 1.54) is 53.2 Å². The number of methoxy groups -OCH3 is 1. The van der Waals surface area contributed by atoms with E-state index in [2.05, 4.69) is 26.0 Å². The fourth-order valence-corrected chi connectivity index (χ4v) is 7.95. The predicted octanol–water partition coefficient (Wildman–Crippen LogP) is 2.46. The monoisotopic (exact) mass is 835 g/mol. The highest BCUT2D eigenvalue weighted by molar-refractivity contribution is 6.22. The predicted molar refractivity (Wildman–Crippen MR) is 221 cm³/mol. The van der Waals surface area contributed by atoms with Crippen LogP contribution in [0.4, 0.5) is 0 Å². The maximum atomic E-state index is 13.7. The number of likely N-dealkylation sites (N-methyl/N-ethyl adjacent to an activating group) is 1. The topological polar surface area (TPSA) is 236 Å². The van der Waals surface area contributed by atoms with Gasteiger partial charge in [0.1, 0.15) is 33.9 Å². The Bertz CT molecular complexity index is 2280. The quantitative estimate of drug-likeness (QED) is 0.0858. The van der Waals surface area contributed by atoms with Crippen molar-refractivity contribution in [2.24, 2.45) is 38.9 Å². The van der Waals surface area contributed by atoms with Gasteiger partial charge < -0.3 is 54.6 Å². The van der Waals surface area contributed by atoms with Crippen LogP contribution in [0.15, 0.2) is 51.4 Å². The number of carbonyl (C=O) groups is 2. The van der Waals surface area contributed by atoms with E-state index in [1.807, 2.05) is 7.05 Å². The maximum Gasteiger partial charge on any atom is 0.302 e. The van der Waals surface area contributed by atoms with Gasteiger partial charge >= 0.3 is 5.97 Å². The molecular weight excluding hydrogens is 778 g/mol. The zero-order valence-corrected chi connectivity index (χ0v) is 35.7. The van der Waals surface area contributed by atoms with Gasteiger partial charge in [-0.1, -0.05) is 51.1 Å². The summed E-state index contributed by atoms with van der Waals surface area (Å²) in [5.41, 5.74) is -0.120. The number of aliphatic hydroxyl groups excluding tert-OH is 2. The molecule has 6 rings (SSSR count). The fourth-order valence-electron chi connectivity index (χ4n) is 7.95. The summed E-state index contributed by atoms with van der Waals surface area (Å²) >= 11 is 0. The summed E-state index contributed by atoms with van der Waals surface area (Å²) in [6, 6.07) is 0. The highest BCUT2D eigenvalue weighted by Gasteiger charge is 2.48. The third-order valence-electron chi connectivity index (χ3n) is 11.8. The van der Waals surface area contributed by atoms with Gasteiger partial charge in [0.2, 0.25) is 0 Å². The molecule has 0 unspecified atom stereocenters. The molecule has 5 bridgehead atoms. The second kappa shape index (κ2) is 18.4. The second-order valence-electron chi connectivity index (χ2n) is 16.1. The summed E-state index contributed by atoms with van der Waals surface area (Å²) in [5.74, 6) is -4.92. The highest BCUT2D eigenvalue weighted by Crippen LogP contribution is 2.50. The number of phenolic OH excluding ortho intramolecular Hbond substituents is 3. The summed E-state index contributed by atoms with van der Waals surface area (Å²) < 4.78 is 23.9. The molecule has 17 heteroatoms. The number of phenols is 3. The van der Waals surface area contributed by atoms with Gasteiger partial charge in [-0.3, -0.25) is 14.6 Å². The molecule has 0 radical (unpaired) electrons. The van der Waals surface area contributed by atoms with E-state index >= 15 is 0 Å². The largest absolute Gasteiger partial charge is 0.507 e. The number of oxime groups is 1. The zero-order chi connectivity index (χ0) is 44.4. The van der Waals surface area contributed by atoms with Crippen molar-refractivity contribution >= 4 is 34.2 Å². The lowest BCUT2D eigenvalue weighted by molar-refractivity contribution is -0.160. The van der Waals surface area contributed by atoms with Crippen LogP contribution in [0.5, 0.6) is 23.0 Å². The Hall–Kier alpha value is -5.45. The summed E-state index contributed by atoms with van der Waals surface area (Å²) in [6.07, 6.45) is 3.53. The highest BCUT2D eigenvalue weighted by atomic mass is 16.7. The van der Waals surface area contributed by atoms with E-state index in [9.17, 15) is 40.3 Å². The van der Waals surface area contributed by atoms with Crippen LogP contribution in [0.1, 0.15) is 59.6 Å². The van der Waals surface area contributed by atoms with Gasteiger partial charge in [-0.25, -0.2) is 4.99 Å². The fraction of sp³-hybridized carbons (Fsp3) is 0.535. The number of amides is 1. The Labute approximate surface area is 348 Å². The molecule has 1 saturated heterocycles. The molecular formula is C43H57N5O12. The van der Waals surface area contributed by atoms with Gasteiger partial charge in [-0.15, -0.1) is 5.10 Å². The number of rotatable bonds is 3. The van der Waals surface area contributed by atoms with Crippen molar-refractivity contribution < 1.29 is 59.3 Å². The molecule has 17 nitrogen and oxygen atoms in total. The van der Waals surface area contributed by atoms with E-state index in [0.29, 0.717) is 26.2 Å². The van der Waals surface area contributed by atoms with Gasteiger partial charge in [0.25, 0.3) is 11.7 Å². The van der Waals surface area contributed by atoms with Crippen molar-refractivity contribution in [1.82, 2.24) is 9.91 Å². The normalized spacial score (nSPS) is 30.1. The molecule has 2 aromatic rings. The van der Waals surface area contributed by atoms with Crippen molar-refractivity contribution in [2.45, 2.75) is 85.6 Å². The number of aliphatic hydroxyl groups is 2. The number of nitrogens with zero attached hydrogens (tertiary/aromatic N) is 5. The molecule has 4 aliphatic rings. The lowest BCUT2D eigenvalue weighted by Crippen LogP contribution is -2.46. The number of aromatic hydroxyl groups is 3. The molecule has 6 N–H and O–H groups in total. The third-order valence-corrected chi connectivity index (χ3v) is 11.8. The Morgan fingerprint density at radius 1 is 0.967 bits per heavy atom. The number of esters is 1. The van der Waals surface area contributed by atoms with Crippen molar-refractivity contribution in [3.05, 3.63) is 57.8 Å². The Morgan fingerprint density at radius 2 is 1.63 bits per heavy atom. The number of ether oxygens (including phenoxy) is 4. The van der Waals surface area contributed by atoms with Crippen LogP contribution < -0.4 is 15.3 Å². The maximum absolute atomic E-state index is 13.7. The Balaban J connectivity index is 1.80. The van der Waals surface area contributed by atoms with Crippen molar-refractivity contribution in [3.8, 4) is 23.0 Å². The number of allylic oxidation sites excluding steroid dienone is 2. The number of hydrazone groups is 1. The van der Waals surface area contributed by atoms with Crippen molar-refractivity contribution in [1.29, 1.82) is 0 Å². The second-order valence-corrected chi connectivity index (χ2v) is 16.1. The first kappa shape index (κ1) is 45.6. The number of hydrogen-bond acceptors (Lipinski definition) is 16. The molecule has 0 spiro atoms. The van der Waals surface area contributed by atoms with E-state index in [-0.39, 0.29) is 44.2 Å². The summed E-state index contributed by atoms with van der Waals surface area (Å²) in [7, 11) is 3.41. The number of fused-ring (bicyclic) bond motifs is 14. The average Bonchev–Trinajstić information content (AvgIpc) is 3.51. The SMILES string of the molecule is CO[C@H]1C=CO[C@@]2(C)Oc3c(C)c(O)c4c(O)c(c(=C=NN5CCN(C)CC5)c(O)c4c3C2=NO)=NC(=O)C(C)=CC=C[C@H](C)[C@H](O)[C@@H](C)[C@@H](O)[C@@H](C)[C@H](OC(C)=O)[C@@H]1C. The summed E-state index contributed by atoms with van der Waals surface area (Å²) in [5, 5.41) is 77.5. The number of piperazine rings is 1. The molecule has 2 aromatic carbocycles. The van der Waals surface area contributed by atoms with E-state index < -0.39 is 88.4 Å². The van der Waals surface area contributed by atoms with Crippen LogP contribution in [0.25, 0.3) is 10.8 Å². The van der Waals surface area contributed by atoms with Crippen LogP contribution in [0, 0.1) is 30.6 Å². The minimum atomic E-state index is -1.91. The Kier molecular flexibility index (Phi) is 14.0. The molecule has 9 atom stereocenters. The van der Waals surface area contributed by atoms with Crippen LogP contribution in [0.3, 0.4) is 0 Å². The van der Waals surface area contributed by atoms with Gasteiger partial charge in [-0.2, -0.15) is 0 Å². The molecule has 4 aliphatic heterocycles. The average molecular weight is 836 g/mol. The standard InChI is InChI=1S/C43H57N5O12/c1-21-12-11-13-22(2)42(55)45-33-28(20-44-48-17-15-47(9)16-18-48)37(53)30-31(38(33)54)36(52)26(6)40-32(30)41(46-56)43(8,60-40)58-19-14-29(57-10)23(3)39(59-27(7)49)25(5)35(51)24(4)34(21)50/h11-14,19,21,23-25,29,34-35,39,50-54,56H,15-18H2,1-10H3/t21-,23+,24+,25+,29-,34-,35+,39+,43-/m0/s1. The van der Waals surface area contributed by atoms with E-state index in [4.69, 9.17) is 18.9 Å². The van der Waals surface area contributed by atoms with Crippen LogP contribution in [0.2, 0.25) is 0 Å². The van der Waals surface area contributed by atoms with Gasteiger partial charge in [0.15, 0.2) is 11.5 Å². The molecule has 60 heavy (non-hydrogen) atoms. The first-order valence-electron chi connectivity index (χ1n) is 19.9. The van der Waals surface area contributed by atoms with Gasteiger partial charge in [0.05, 0.1) is 35.5 Å². The Morgan fingerprint density at radius 3 is 2.25 bits per heavy atom. The summed E-state index contributed by atoms with van der Waals surface area (Å²) in [6.45, 7) is 15.0. The van der Waals surface area contributed by atoms with E-state index in [1.54, 1.807) is 44.9 Å². The van der Waals surface area contributed by atoms with E-state index in [0.717, 1.165) is 0 Å². The molecule has 1 fully saturated rings. The molecule has 0 saturated carbocycles. The first-order valence-corrected chi connectivity index (χ1v) is 19.9. The van der Waals surface area contributed by atoms with Crippen LogP contribution >= 0.6 is 0 Å². The molecule has 0 aliphatic carbocycles. The molecule has 4 heterocycles. The number of benzene rings is 2. The molecule has 0 aromatic heterocycles. The summed E-state index contributed by atoms with van der Waals surface area (Å²) in [4.78, 5) is 32.4. The van der Waals surface area contributed by atoms with Gasteiger partial charge in [0, 0.05) is 93.2 Å².